The van der Waals surface area contributed by atoms with Gasteiger partial charge in [-0.25, -0.2) is 4.98 Å². The van der Waals surface area contributed by atoms with Gasteiger partial charge >= 0.3 is 0 Å². The lowest BCUT2D eigenvalue weighted by Crippen LogP contribution is -2.32. The highest BCUT2D eigenvalue weighted by atomic mass is 16.3. The van der Waals surface area contributed by atoms with Gasteiger partial charge in [0.2, 0.25) is 5.91 Å². The molecule has 2 aromatic heterocycles. The van der Waals surface area contributed by atoms with E-state index in [1.807, 2.05) is 41.4 Å². The van der Waals surface area contributed by atoms with E-state index in [0.717, 1.165) is 31.0 Å². The van der Waals surface area contributed by atoms with E-state index in [0.29, 0.717) is 13.1 Å². The molecular formula is C20H21N3O2. The average molecular weight is 335 g/mol. The van der Waals surface area contributed by atoms with Gasteiger partial charge in [0.05, 0.1) is 19.4 Å². The first-order chi connectivity index (χ1) is 12.3. The molecule has 4 rings (SSSR count). The Hall–Kier alpha value is -2.82. The van der Waals surface area contributed by atoms with Gasteiger partial charge in [-0.15, -0.1) is 0 Å². The van der Waals surface area contributed by atoms with E-state index in [2.05, 4.69) is 21.7 Å². The molecule has 0 aliphatic heterocycles. The zero-order valence-corrected chi connectivity index (χ0v) is 14.0. The molecule has 3 aromatic rings. The van der Waals surface area contributed by atoms with Gasteiger partial charge in [0.1, 0.15) is 11.6 Å². The van der Waals surface area contributed by atoms with Crippen molar-refractivity contribution >= 4 is 5.91 Å². The van der Waals surface area contributed by atoms with Gasteiger partial charge < -0.3 is 13.9 Å². The number of imidazole rings is 1. The Bertz CT molecular complexity index is 820. The van der Waals surface area contributed by atoms with Gasteiger partial charge in [-0.05, 0) is 30.5 Å². The fourth-order valence-electron chi connectivity index (χ4n) is 2.98. The fourth-order valence-corrected chi connectivity index (χ4v) is 2.98. The van der Waals surface area contributed by atoms with Crippen molar-refractivity contribution in [2.75, 3.05) is 0 Å². The van der Waals surface area contributed by atoms with Crippen LogP contribution >= 0.6 is 0 Å². The highest BCUT2D eigenvalue weighted by molar-refractivity contribution is 5.80. The molecule has 0 bridgehead atoms. The van der Waals surface area contributed by atoms with Crippen molar-refractivity contribution in [3.63, 3.8) is 0 Å². The van der Waals surface area contributed by atoms with Crippen molar-refractivity contribution in [2.45, 2.75) is 32.5 Å². The Balaban J connectivity index is 1.51. The maximum atomic E-state index is 12.7. The topological polar surface area (TPSA) is 51.3 Å². The number of amides is 1. The Labute approximate surface area is 146 Å². The molecule has 5 nitrogen and oxygen atoms in total. The third kappa shape index (κ3) is 3.82. The molecule has 2 heterocycles. The maximum Gasteiger partial charge on any atom is 0.226 e. The minimum absolute atomic E-state index is 0.174. The zero-order chi connectivity index (χ0) is 17.1. The molecule has 1 fully saturated rings. The van der Waals surface area contributed by atoms with Crippen molar-refractivity contribution in [1.29, 1.82) is 0 Å². The molecule has 5 heteroatoms. The van der Waals surface area contributed by atoms with Crippen LogP contribution in [0.1, 0.15) is 30.0 Å². The van der Waals surface area contributed by atoms with Gasteiger partial charge in [0.15, 0.2) is 0 Å². The van der Waals surface area contributed by atoms with Crippen molar-refractivity contribution in [3.8, 4) is 0 Å². The summed E-state index contributed by atoms with van der Waals surface area (Å²) in [5, 5.41) is 0. The van der Waals surface area contributed by atoms with Gasteiger partial charge in [0, 0.05) is 24.9 Å². The molecule has 0 atom stereocenters. The predicted octanol–water partition coefficient (Wildman–Crippen LogP) is 3.46. The second kappa shape index (κ2) is 6.97. The second-order valence-electron chi connectivity index (χ2n) is 6.50. The van der Waals surface area contributed by atoms with Crippen molar-refractivity contribution < 1.29 is 9.21 Å². The molecule has 0 saturated heterocycles. The number of hydrogen-bond acceptors (Lipinski definition) is 3. The van der Waals surface area contributed by atoms with Crippen LogP contribution in [0, 0.1) is 5.92 Å². The van der Waals surface area contributed by atoms with Crippen molar-refractivity contribution in [2.24, 2.45) is 5.92 Å². The van der Waals surface area contributed by atoms with Crippen molar-refractivity contribution in [3.05, 3.63) is 78.3 Å². The molecule has 1 amide bonds. The van der Waals surface area contributed by atoms with E-state index in [-0.39, 0.29) is 11.8 Å². The number of hydrogen-bond donors (Lipinski definition) is 0. The quantitative estimate of drug-likeness (QED) is 0.664. The van der Waals surface area contributed by atoms with Crippen molar-refractivity contribution in [1.82, 2.24) is 14.5 Å². The standard InChI is InChI=1S/C20H21N3O2/c24-20(17-8-9-17)23(14-18-7-4-12-25-18)15-19-21-10-11-22(19)13-16-5-2-1-3-6-16/h1-7,10-12,17H,8-9,13-15H2. The van der Waals surface area contributed by atoms with Crippen LogP contribution in [0.2, 0.25) is 0 Å². The van der Waals surface area contributed by atoms with Gasteiger partial charge in [0.25, 0.3) is 0 Å². The first-order valence-corrected chi connectivity index (χ1v) is 8.65. The zero-order valence-electron chi connectivity index (χ0n) is 14.0. The Morgan fingerprint density at radius 2 is 2.00 bits per heavy atom. The summed E-state index contributed by atoms with van der Waals surface area (Å²) < 4.78 is 7.54. The van der Waals surface area contributed by atoms with Gasteiger partial charge in [-0.1, -0.05) is 30.3 Å². The lowest BCUT2D eigenvalue weighted by Gasteiger charge is -2.22. The lowest BCUT2D eigenvalue weighted by molar-refractivity contribution is -0.134. The van der Waals surface area contributed by atoms with Crippen LogP contribution < -0.4 is 0 Å². The monoisotopic (exact) mass is 335 g/mol. The third-order valence-corrected chi connectivity index (χ3v) is 4.49. The summed E-state index contributed by atoms with van der Waals surface area (Å²) in [6.45, 7) is 1.73. The molecule has 0 N–H and O–H groups in total. The van der Waals surface area contributed by atoms with E-state index < -0.39 is 0 Å². The molecule has 0 spiro atoms. The van der Waals surface area contributed by atoms with Crippen LogP contribution in [0.25, 0.3) is 0 Å². The SMILES string of the molecule is O=C(C1CC1)N(Cc1ccco1)Cc1nccn1Cc1ccccc1. The highest BCUT2D eigenvalue weighted by Gasteiger charge is 2.34. The fraction of sp³-hybridized carbons (Fsp3) is 0.300. The molecule has 0 radical (unpaired) electrons. The summed E-state index contributed by atoms with van der Waals surface area (Å²) in [6, 6.07) is 14.0. The van der Waals surface area contributed by atoms with E-state index >= 15 is 0 Å². The van der Waals surface area contributed by atoms with E-state index in [4.69, 9.17) is 4.42 Å². The smallest absolute Gasteiger partial charge is 0.226 e. The summed E-state index contributed by atoms with van der Waals surface area (Å²) in [5.41, 5.74) is 1.22. The molecular weight excluding hydrogens is 314 g/mol. The number of aromatic nitrogens is 2. The first-order valence-electron chi connectivity index (χ1n) is 8.65. The minimum atomic E-state index is 0.174. The van der Waals surface area contributed by atoms with Crippen LogP contribution in [-0.2, 0) is 24.4 Å². The summed E-state index contributed by atoms with van der Waals surface area (Å²) in [7, 11) is 0. The first kappa shape index (κ1) is 15.7. The van der Waals surface area contributed by atoms with Crippen LogP contribution in [0.3, 0.4) is 0 Å². The highest BCUT2D eigenvalue weighted by Crippen LogP contribution is 2.32. The largest absolute Gasteiger partial charge is 0.467 e. The number of carbonyl (C=O) groups is 1. The average Bonchev–Trinajstić information content (AvgIpc) is 3.20. The Kier molecular flexibility index (Phi) is 4.37. The normalized spacial score (nSPS) is 13.8. The molecule has 1 aromatic carbocycles. The Morgan fingerprint density at radius 3 is 2.72 bits per heavy atom. The molecule has 1 aliphatic carbocycles. The van der Waals surface area contributed by atoms with E-state index in [1.165, 1.54) is 5.56 Å². The van der Waals surface area contributed by atoms with Gasteiger partial charge in [-0.3, -0.25) is 4.79 Å². The number of rotatable bonds is 7. The summed E-state index contributed by atoms with van der Waals surface area (Å²) in [6.07, 6.45) is 7.39. The lowest BCUT2D eigenvalue weighted by atomic mass is 10.2. The van der Waals surface area contributed by atoms with Gasteiger partial charge in [-0.2, -0.15) is 0 Å². The molecule has 0 unspecified atom stereocenters. The summed E-state index contributed by atoms with van der Waals surface area (Å²) in [5.74, 6) is 2.07. The number of nitrogens with zero attached hydrogens (tertiary/aromatic N) is 3. The van der Waals surface area contributed by atoms with Crippen LogP contribution in [0.15, 0.2) is 65.5 Å². The number of furan rings is 1. The van der Waals surface area contributed by atoms with Crippen LogP contribution in [0.5, 0.6) is 0 Å². The number of carbonyl (C=O) groups excluding carboxylic acids is 1. The minimum Gasteiger partial charge on any atom is -0.467 e. The van der Waals surface area contributed by atoms with Crippen LogP contribution in [-0.4, -0.2) is 20.4 Å². The summed E-state index contributed by atoms with van der Waals surface area (Å²) in [4.78, 5) is 19.0. The summed E-state index contributed by atoms with van der Waals surface area (Å²) >= 11 is 0. The Morgan fingerprint density at radius 1 is 1.16 bits per heavy atom. The number of benzene rings is 1. The molecule has 128 valence electrons. The van der Waals surface area contributed by atoms with Crippen LogP contribution in [0.4, 0.5) is 0 Å². The third-order valence-electron chi connectivity index (χ3n) is 4.49. The molecule has 25 heavy (non-hydrogen) atoms. The molecule has 1 saturated carbocycles. The second-order valence-corrected chi connectivity index (χ2v) is 6.50. The predicted molar refractivity (Wildman–Crippen MR) is 93.5 cm³/mol. The maximum absolute atomic E-state index is 12.7. The van der Waals surface area contributed by atoms with E-state index in [9.17, 15) is 4.79 Å². The van der Waals surface area contributed by atoms with E-state index in [1.54, 1.807) is 12.5 Å². The molecule has 1 aliphatic rings.